The number of non-ortho nitro benzene ring substituents is 1. The van der Waals surface area contributed by atoms with Gasteiger partial charge in [-0.15, -0.1) is 10.2 Å². The van der Waals surface area contributed by atoms with Crippen molar-refractivity contribution >= 4 is 29.2 Å². The monoisotopic (exact) mass is 381 g/mol. The Morgan fingerprint density at radius 2 is 1.92 bits per heavy atom. The van der Waals surface area contributed by atoms with Gasteiger partial charge < -0.3 is 0 Å². The molecular weight excluding hydrogens is 370 g/mol. The summed E-state index contributed by atoms with van der Waals surface area (Å²) >= 11 is 3.18. The Balaban J connectivity index is 1.59. The minimum Gasteiger partial charge on any atom is -0.258 e. The zero-order chi connectivity index (χ0) is 17.7. The molecule has 0 spiro atoms. The number of nitro groups is 1. The first kappa shape index (κ1) is 15.5. The predicted molar refractivity (Wildman–Crippen MR) is 101 cm³/mol. The Hall–Kier alpha value is -2.78. The lowest BCUT2D eigenvalue weighted by Gasteiger charge is -2.25. The van der Waals surface area contributed by atoms with Crippen LogP contribution in [0.25, 0.3) is 11.4 Å². The molecule has 0 fully saturated rings. The van der Waals surface area contributed by atoms with Crippen LogP contribution in [-0.2, 0) is 0 Å². The third kappa shape index (κ3) is 2.31. The van der Waals surface area contributed by atoms with Crippen LogP contribution in [0.1, 0.15) is 10.9 Å². The average Bonchev–Trinajstić information content (AvgIpc) is 3.33. The fourth-order valence-electron chi connectivity index (χ4n) is 3.02. The summed E-state index contributed by atoms with van der Waals surface area (Å²) in [7, 11) is 0. The third-order valence-electron chi connectivity index (χ3n) is 4.17. The van der Waals surface area contributed by atoms with Gasteiger partial charge in [-0.25, -0.2) is 4.68 Å². The van der Waals surface area contributed by atoms with E-state index in [-0.39, 0.29) is 16.0 Å². The molecule has 2 aliphatic rings. The van der Waals surface area contributed by atoms with E-state index in [2.05, 4.69) is 20.6 Å². The van der Waals surface area contributed by atoms with Crippen LogP contribution in [0.4, 0.5) is 5.69 Å². The molecule has 0 saturated carbocycles. The molecule has 2 aromatic carbocycles. The highest BCUT2D eigenvalue weighted by Gasteiger charge is 2.40. The summed E-state index contributed by atoms with van der Waals surface area (Å²) in [5.74, 6) is 0.759. The van der Waals surface area contributed by atoms with Crippen LogP contribution >= 0.6 is 23.5 Å². The van der Waals surface area contributed by atoms with Crippen LogP contribution in [0.15, 0.2) is 70.2 Å². The molecule has 0 bridgehead atoms. The van der Waals surface area contributed by atoms with Crippen molar-refractivity contribution in [3.05, 3.63) is 80.7 Å². The summed E-state index contributed by atoms with van der Waals surface area (Å²) in [6.07, 6.45) is 0. The second-order valence-corrected chi connectivity index (χ2v) is 7.67. The van der Waals surface area contributed by atoms with Crippen LogP contribution in [0.3, 0.4) is 0 Å². The number of fused-ring (bicyclic) bond motifs is 3. The van der Waals surface area contributed by atoms with E-state index in [1.807, 2.05) is 41.1 Å². The number of benzene rings is 2. The molecule has 5 rings (SSSR count). The van der Waals surface area contributed by atoms with E-state index >= 15 is 0 Å². The SMILES string of the molecule is O=[N+]([O-])c1cccc(C2SC=C3Sc4nnc(-c5ccccc5)n4N32)c1. The van der Waals surface area contributed by atoms with Crippen LogP contribution in [0.5, 0.6) is 0 Å². The molecule has 3 aromatic rings. The molecule has 0 amide bonds. The highest BCUT2D eigenvalue weighted by molar-refractivity contribution is 8.07. The lowest BCUT2D eigenvalue weighted by Crippen LogP contribution is -2.29. The highest BCUT2D eigenvalue weighted by Crippen LogP contribution is 2.52. The number of aromatic nitrogens is 3. The van der Waals surface area contributed by atoms with E-state index in [9.17, 15) is 10.1 Å². The molecule has 1 unspecified atom stereocenters. The first-order valence-corrected chi connectivity index (χ1v) is 9.56. The topological polar surface area (TPSA) is 77.1 Å². The van der Waals surface area contributed by atoms with Crippen molar-refractivity contribution in [3.8, 4) is 11.4 Å². The van der Waals surface area contributed by atoms with Crippen molar-refractivity contribution in [1.82, 2.24) is 14.9 Å². The van der Waals surface area contributed by atoms with Crippen molar-refractivity contribution in [2.75, 3.05) is 5.01 Å². The number of hydrogen-bond donors (Lipinski definition) is 0. The molecule has 9 heteroatoms. The van der Waals surface area contributed by atoms with Crippen LogP contribution in [0.2, 0.25) is 0 Å². The van der Waals surface area contributed by atoms with Crippen molar-refractivity contribution in [3.63, 3.8) is 0 Å². The molecule has 1 atom stereocenters. The maximum absolute atomic E-state index is 11.1. The van der Waals surface area contributed by atoms with E-state index in [1.165, 1.54) is 6.07 Å². The smallest absolute Gasteiger partial charge is 0.258 e. The normalized spacial score (nSPS) is 17.8. The Bertz CT molecular complexity index is 1050. The fraction of sp³-hybridized carbons (Fsp3) is 0.0588. The second kappa shape index (κ2) is 5.89. The molecule has 0 radical (unpaired) electrons. The van der Waals surface area contributed by atoms with Crippen LogP contribution < -0.4 is 5.01 Å². The third-order valence-corrected chi connectivity index (χ3v) is 6.36. The van der Waals surface area contributed by atoms with Gasteiger partial charge >= 0.3 is 0 Å². The zero-order valence-corrected chi connectivity index (χ0v) is 14.9. The van der Waals surface area contributed by atoms with Crippen molar-refractivity contribution in [2.24, 2.45) is 0 Å². The molecule has 128 valence electrons. The molecular formula is C17H11N5O2S2. The van der Waals surface area contributed by atoms with Gasteiger partial charge in [-0.05, 0) is 17.3 Å². The van der Waals surface area contributed by atoms with Gasteiger partial charge in [-0.1, -0.05) is 54.2 Å². The van der Waals surface area contributed by atoms with Gasteiger partial charge in [0.05, 0.1) is 4.92 Å². The summed E-state index contributed by atoms with van der Waals surface area (Å²) in [6.45, 7) is 0. The number of rotatable bonds is 3. The van der Waals surface area contributed by atoms with Gasteiger partial charge in [-0.3, -0.25) is 15.1 Å². The summed E-state index contributed by atoms with van der Waals surface area (Å²) in [5, 5.41) is 25.7. The van der Waals surface area contributed by atoms with Crippen molar-refractivity contribution < 1.29 is 4.92 Å². The summed E-state index contributed by atoms with van der Waals surface area (Å²) < 4.78 is 2.00. The number of thioether (sulfide) groups is 2. The van der Waals surface area contributed by atoms with Gasteiger partial charge in [0.2, 0.25) is 5.16 Å². The van der Waals surface area contributed by atoms with Gasteiger partial charge in [0, 0.05) is 23.1 Å². The van der Waals surface area contributed by atoms with E-state index in [0.29, 0.717) is 0 Å². The highest BCUT2D eigenvalue weighted by atomic mass is 32.2. The fourth-order valence-corrected chi connectivity index (χ4v) is 5.24. The van der Waals surface area contributed by atoms with E-state index in [4.69, 9.17) is 0 Å². The van der Waals surface area contributed by atoms with E-state index in [1.54, 1.807) is 35.7 Å². The Labute approximate surface area is 156 Å². The Morgan fingerprint density at radius 3 is 2.73 bits per heavy atom. The molecule has 1 aromatic heterocycles. The maximum atomic E-state index is 11.1. The lowest BCUT2D eigenvalue weighted by atomic mass is 10.2. The minimum atomic E-state index is -0.365. The van der Waals surface area contributed by atoms with Crippen LogP contribution in [-0.4, -0.2) is 19.8 Å². The lowest BCUT2D eigenvalue weighted by molar-refractivity contribution is -0.384. The Morgan fingerprint density at radius 1 is 1.08 bits per heavy atom. The largest absolute Gasteiger partial charge is 0.269 e. The van der Waals surface area contributed by atoms with Crippen molar-refractivity contribution in [1.29, 1.82) is 0 Å². The molecule has 3 heterocycles. The van der Waals surface area contributed by atoms with Gasteiger partial charge in [0.1, 0.15) is 10.4 Å². The average molecular weight is 381 g/mol. The molecule has 0 saturated heterocycles. The quantitative estimate of drug-likeness (QED) is 0.498. The Kier molecular flexibility index (Phi) is 3.50. The molecule has 0 N–H and O–H groups in total. The van der Waals surface area contributed by atoms with Crippen LogP contribution in [0, 0.1) is 10.1 Å². The van der Waals surface area contributed by atoms with Gasteiger partial charge in [-0.2, -0.15) is 0 Å². The van der Waals surface area contributed by atoms with Gasteiger partial charge in [0.15, 0.2) is 5.82 Å². The zero-order valence-electron chi connectivity index (χ0n) is 13.2. The molecule has 0 aliphatic carbocycles. The first-order chi connectivity index (χ1) is 12.7. The van der Waals surface area contributed by atoms with E-state index < -0.39 is 0 Å². The second-order valence-electron chi connectivity index (χ2n) is 5.73. The number of nitro benzene ring substituents is 1. The predicted octanol–water partition coefficient (Wildman–Crippen LogP) is 4.14. The minimum absolute atomic E-state index is 0.0932. The van der Waals surface area contributed by atoms with Gasteiger partial charge in [0.25, 0.3) is 5.69 Å². The summed E-state index contributed by atoms with van der Waals surface area (Å²) in [5.41, 5.74) is 1.94. The first-order valence-electron chi connectivity index (χ1n) is 7.80. The van der Waals surface area contributed by atoms with Crippen molar-refractivity contribution in [2.45, 2.75) is 10.5 Å². The summed E-state index contributed by atoms with van der Waals surface area (Å²) in [4.78, 5) is 10.8. The molecule has 2 aliphatic heterocycles. The standard InChI is InChI=1S/C17H11N5O2S2/c23-22(24)13-8-4-7-12(9-13)16-20-14(10-25-16)26-17-19-18-15(21(17)20)11-5-2-1-3-6-11/h1-10,16H. The molecule has 7 nitrogen and oxygen atoms in total. The van der Waals surface area contributed by atoms with E-state index in [0.717, 1.165) is 27.1 Å². The maximum Gasteiger partial charge on any atom is 0.269 e. The molecule has 26 heavy (non-hydrogen) atoms. The number of nitrogens with zero attached hydrogens (tertiary/aromatic N) is 5. The summed E-state index contributed by atoms with van der Waals surface area (Å²) in [6, 6.07) is 16.7. The number of hydrogen-bond acceptors (Lipinski definition) is 7.